The molecule has 1 rings (SSSR count). The van der Waals surface area contributed by atoms with Crippen LogP contribution < -0.4 is 0 Å². The second kappa shape index (κ2) is 3.82. The maximum Gasteiger partial charge on any atom is 0.293 e. The third kappa shape index (κ3) is 1.56. The standard InChI is InChI=1S/C7H11FO4/c1-2-4-6(11-3-9)5(8)7(10)12-4/h3-7,10H,2H2,1H3/t4-,5?,6+,7?/m1/s1. The van der Waals surface area contributed by atoms with Gasteiger partial charge in [0.05, 0.1) is 0 Å². The molecule has 0 amide bonds. The van der Waals surface area contributed by atoms with Crippen LogP contribution in [0, 0.1) is 0 Å². The van der Waals surface area contributed by atoms with Crippen LogP contribution in [-0.2, 0) is 14.3 Å². The second-order valence-electron chi connectivity index (χ2n) is 2.61. The minimum atomic E-state index is -1.64. The number of alkyl halides is 1. The Bertz CT molecular complexity index is 163. The molecule has 1 heterocycles. The SMILES string of the molecule is CC[C@H]1OC(O)C(F)[C@H]1OC=O. The summed E-state index contributed by atoms with van der Waals surface area (Å²) >= 11 is 0. The molecule has 1 aliphatic rings. The fourth-order valence-electron chi connectivity index (χ4n) is 1.25. The Morgan fingerprint density at radius 3 is 2.92 bits per heavy atom. The Morgan fingerprint density at radius 1 is 1.75 bits per heavy atom. The van der Waals surface area contributed by atoms with Crippen LogP contribution in [-0.4, -0.2) is 36.2 Å². The number of ether oxygens (including phenoxy) is 2. The Kier molecular flexibility index (Phi) is 2.99. The molecule has 0 bridgehead atoms. The summed E-state index contributed by atoms with van der Waals surface area (Å²) in [7, 11) is 0. The van der Waals surface area contributed by atoms with E-state index in [1.54, 1.807) is 6.92 Å². The number of aliphatic hydroxyl groups is 1. The maximum atomic E-state index is 12.9. The van der Waals surface area contributed by atoms with Crippen molar-refractivity contribution in [2.45, 2.75) is 38.0 Å². The van der Waals surface area contributed by atoms with Crippen molar-refractivity contribution in [1.82, 2.24) is 0 Å². The number of hydrogen-bond acceptors (Lipinski definition) is 4. The third-order valence-electron chi connectivity index (χ3n) is 1.88. The predicted octanol–water partition coefficient (Wildman–Crippen LogP) is -0.00670. The molecule has 1 N–H and O–H groups in total. The summed E-state index contributed by atoms with van der Waals surface area (Å²) in [5, 5.41) is 8.90. The number of carbonyl (C=O) groups is 1. The summed E-state index contributed by atoms with van der Waals surface area (Å²) in [6.07, 6.45) is -4.13. The van der Waals surface area contributed by atoms with Gasteiger partial charge in [-0.05, 0) is 6.42 Å². The van der Waals surface area contributed by atoms with Crippen LogP contribution in [0.1, 0.15) is 13.3 Å². The van der Waals surface area contributed by atoms with E-state index in [1.807, 2.05) is 0 Å². The monoisotopic (exact) mass is 178 g/mol. The highest BCUT2D eigenvalue weighted by atomic mass is 19.1. The summed E-state index contributed by atoms with van der Waals surface area (Å²) in [5.74, 6) is 0. The molecule has 1 fully saturated rings. The topological polar surface area (TPSA) is 55.8 Å². The molecular formula is C7H11FO4. The molecule has 70 valence electrons. The average molecular weight is 178 g/mol. The van der Waals surface area contributed by atoms with E-state index in [-0.39, 0.29) is 6.47 Å². The summed E-state index contributed by atoms with van der Waals surface area (Å²) in [6, 6.07) is 0. The van der Waals surface area contributed by atoms with Crippen molar-refractivity contribution in [2.24, 2.45) is 0 Å². The Labute approximate surface area is 69.3 Å². The van der Waals surface area contributed by atoms with Gasteiger partial charge in [0.2, 0.25) is 0 Å². The van der Waals surface area contributed by atoms with E-state index >= 15 is 0 Å². The van der Waals surface area contributed by atoms with Crippen LogP contribution in [0.5, 0.6) is 0 Å². The summed E-state index contributed by atoms with van der Waals surface area (Å²) in [6.45, 7) is 1.93. The molecule has 12 heavy (non-hydrogen) atoms. The number of rotatable bonds is 3. The summed E-state index contributed by atoms with van der Waals surface area (Å²) in [4.78, 5) is 9.95. The highest BCUT2D eigenvalue weighted by Crippen LogP contribution is 2.26. The molecule has 4 nitrogen and oxygen atoms in total. The van der Waals surface area contributed by atoms with Gasteiger partial charge in [-0.25, -0.2) is 4.39 Å². The molecule has 0 aromatic carbocycles. The van der Waals surface area contributed by atoms with Crippen LogP contribution in [0.15, 0.2) is 0 Å². The molecule has 2 unspecified atom stereocenters. The second-order valence-corrected chi connectivity index (χ2v) is 2.61. The maximum absolute atomic E-state index is 12.9. The van der Waals surface area contributed by atoms with Gasteiger partial charge in [-0.15, -0.1) is 0 Å². The third-order valence-corrected chi connectivity index (χ3v) is 1.88. The minimum Gasteiger partial charge on any atom is -0.458 e. The molecule has 1 saturated heterocycles. The van der Waals surface area contributed by atoms with E-state index in [9.17, 15) is 9.18 Å². The lowest BCUT2D eigenvalue weighted by atomic mass is 10.1. The molecule has 0 aromatic rings. The first-order valence-electron chi connectivity index (χ1n) is 3.77. The van der Waals surface area contributed by atoms with Gasteiger partial charge in [0.1, 0.15) is 6.10 Å². The Morgan fingerprint density at radius 2 is 2.42 bits per heavy atom. The number of hydrogen-bond donors (Lipinski definition) is 1. The van der Waals surface area contributed by atoms with Gasteiger partial charge >= 0.3 is 0 Å². The fourth-order valence-corrected chi connectivity index (χ4v) is 1.25. The lowest BCUT2D eigenvalue weighted by molar-refractivity contribution is -0.138. The van der Waals surface area contributed by atoms with Crippen molar-refractivity contribution in [3.05, 3.63) is 0 Å². The lowest BCUT2D eigenvalue weighted by Gasteiger charge is -2.14. The van der Waals surface area contributed by atoms with E-state index in [1.165, 1.54) is 0 Å². The van der Waals surface area contributed by atoms with E-state index < -0.39 is 24.7 Å². The molecule has 0 saturated carbocycles. The van der Waals surface area contributed by atoms with Gasteiger partial charge in [-0.1, -0.05) is 6.92 Å². The van der Waals surface area contributed by atoms with Gasteiger partial charge in [0.15, 0.2) is 18.6 Å². The highest BCUT2D eigenvalue weighted by Gasteiger charge is 2.44. The average Bonchev–Trinajstić information content (AvgIpc) is 2.33. The van der Waals surface area contributed by atoms with Crippen LogP contribution in [0.25, 0.3) is 0 Å². The Hall–Kier alpha value is -0.680. The summed E-state index contributed by atoms with van der Waals surface area (Å²) in [5.41, 5.74) is 0. The predicted molar refractivity (Wildman–Crippen MR) is 37.0 cm³/mol. The van der Waals surface area contributed by atoms with E-state index in [0.29, 0.717) is 6.42 Å². The van der Waals surface area contributed by atoms with Crippen molar-refractivity contribution in [3.63, 3.8) is 0 Å². The first-order chi connectivity index (χ1) is 5.70. The van der Waals surface area contributed by atoms with Crippen LogP contribution >= 0.6 is 0 Å². The zero-order valence-corrected chi connectivity index (χ0v) is 6.64. The van der Waals surface area contributed by atoms with Crippen molar-refractivity contribution < 1.29 is 23.8 Å². The van der Waals surface area contributed by atoms with E-state index in [2.05, 4.69) is 4.74 Å². The first kappa shape index (κ1) is 9.41. The van der Waals surface area contributed by atoms with Gasteiger partial charge < -0.3 is 14.6 Å². The van der Waals surface area contributed by atoms with Crippen molar-refractivity contribution in [3.8, 4) is 0 Å². The fraction of sp³-hybridized carbons (Fsp3) is 0.857. The number of aliphatic hydroxyl groups excluding tert-OH is 1. The van der Waals surface area contributed by atoms with Crippen molar-refractivity contribution in [1.29, 1.82) is 0 Å². The molecule has 5 heteroatoms. The van der Waals surface area contributed by atoms with E-state index in [4.69, 9.17) is 9.84 Å². The molecule has 0 spiro atoms. The van der Waals surface area contributed by atoms with Crippen LogP contribution in [0.3, 0.4) is 0 Å². The number of halogens is 1. The van der Waals surface area contributed by atoms with Gasteiger partial charge in [-0.3, -0.25) is 4.79 Å². The van der Waals surface area contributed by atoms with Gasteiger partial charge in [0, 0.05) is 0 Å². The van der Waals surface area contributed by atoms with Gasteiger partial charge in [0.25, 0.3) is 6.47 Å². The first-order valence-corrected chi connectivity index (χ1v) is 3.77. The van der Waals surface area contributed by atoms with Crippen molar-refractivity contribution in [2.75, 3.05) is 0 Å². The molecule has 4 atom stereocenters. The molecule has 0 aromatic heterocycles. The van der Waals surface area contributed by atoms with Crippen molar-refractivity contribution >= 4 is 6.47 Å². The minimum absolute atomic E-state index is 0.168. The highest BCUT2D eigenvalue weighted by molar-refractivity contribution is 5.38. The molecule has 1 aliphatic heterocycles. The van der Waals surface area contributed by atoms with E-state index in [0.717, 1.165) is 0 Å². The molecule has 0 radical (unpaired) electrons. The zero-order valence-electron chi connectivity index (χ0n) is 6.64. The Balaban J connectivity index is 2.59. The smallest absolute Gasteiger partial charge is 0.293 e. The lowest BCUT2D eigenvalue weighted by Crippen LogP contribution is -2.31. The van der Waals surface area contributed by atoms with Crippen LogP contribution in [0.2, 0.25) is 0 Å². The normalized spacial score (nSPS) is 41.2. The quantitative estimate of drug-likeness (QED) is 0.618. The zero-order chi connectivity index (χ0) is 9.14. The van der Waals surface area contributed by atoms with Gasteiger partial charge in [-0.2, -0.15) is 0 Å². The summed E-state index contributed by atoms with van der Waals surface area (Å²) < 4.78 is 22.2. The van der Waals surface area contributed by atoms with Crippen LogP contribution in [0.4, 0.5) is 4.39 Å². The largest absolute Gasteiger partial charge is 0.458 e. The molecular weight excluding hydrogens is 167 g/mol. The molecule has 0 aliphatic carbocycles. The number of carbonyl (C=O) groups excluding carboxylic acids is 1.